The van der Waals surface area contributed by atoms with Crippen molar-refractivity contribution in [1.29, 1.82) is 0 Å². The Morgan fingerprint density at radius 3 is 2.47 bits per heavy atom. The van der Waals surface area contributed by atoms with Gasteiger partial charge in [-0.1, -0.05) is 25.8 Å². The summed E-state index contributed by atoms with van der Waals surface area (Å²) in [6.07, 6.45) is 3.72. The van der Waals surface area contributed by atoms with E-state index in [0.717, 1.165) is 55.6 Å². The highest BCUT2D eigenvalue weighted by molar-refractivity contribution is 7.99. The largest absolute Gasteiger partial charge is 0.495 e. The van der Waals surface area contributed by atoms with Crippen LogP contribution in [-0.2, 0) is 20.8 Å². The van der Waals surface area contributed by atoms with Crippen LogP contribution >= 0.6 is 11.8 Å². The van der Waals surface area contributed by atoms with Gasteiger partial charge in [-0.3, -0.25) is 5.32 Å². The third-order valence-electron chi connectivity index (χ3n) is 7.81. The Balaban J connectivity index is 0.00000271. The predicted octanol–water partition coefficient (Wildman–Crippen LogP) is 6.52. The van der Waals surface area contributed by atoms with Crippen molar-refractivity contribution in [2.45, 2.75) is 76.5 Å². The predicted molar refractivity (Wildman–Crippen MR) is 180 cm³/mol. The fourth-order valence-electron chi connectivity index (χ4n) is 5.53. The Morgan fingerprint density at radius 1 is 1.02 bits per heavy atom. The molecule has 1 aromatic heterocycles. The van der Waals surface area contributed by atoms with Crippen molar-refractivity contribution in [2.75, 3.05) is 71.3 Å². The van der Waals surface area contributed by atoms with Gasteiger partial charge in [0.15, 0.2) is 0 Å². The summed E-state index contributed by atoms with van der Waals surface area (Å²) >= 11 is 1.76. The molecule has 1 saturated heterocycles. The number of halogens is 3. The Morgan fingerprint density at radius 2 is 1.76 bits per heavy atom. The van der Waals surface area contributed by atoms with Crippen molar-refractivity contribution in [1.82, 2.24) is 14.8 Å². The van der Waals surface area contributed by atoms with Gasteiger partial charge in [0.05, 0.1) is 42.8 Å². The molecule has 0 amide bonds. The molecule has 45 heavy (non-hydrogen) atoms. The SMILES string of the molecule is CC.CCOCCOCCOC1=CC(NCC#Cc2cc3c(NC4CCN(C)CC4)cccc3n2CC(F)(F)F)CCC1SC. The van der Waals surface area contributed by atoms with Crippen LogP contribution in [0.3, 0.4) is 0 Å². The van der Waals surface area contributed by atoms with Crippen molar-refractivity contribution >= 4 is 28.4 Å². The highest BCUT2D eigenvalue weighted by Crippen LogP contribution is 2.32. The van der Waals surface area contributed by atoms with Gasteiger partial charge in [0.1, 0.15) is 18.9 Å². The summed E-state index contributed by atoms with van der Waals surface area (Å²) in [5, 5.41) is 8.07. The zero-order valence-electron chi connectivity index (χ0n) is 27.5. The van der Waals surface area contributed by atoms with Crippen LogP contribution in [0, 0.1) is 11.8 Å². The quantitative estimate of drug-likeness (QED) is 0.178. The van der Waals surface area contributed by atoms with Crippen LogP contribution < -0.4 is 10.6 Å². The van der Waals surface area contributed by atoms with Crippen LogP contribution in [0.2, 0.25) is 0 Å². The van der Waals surface area contributed by atoms with Crippen molar-refractivity contribution in [2.24, 2.45) is 0 Å². The van der Waals surface area contributed by atoms with E-state index in [4.69, 9.17) is 14.2 Å². The number of nitrogens with one attached hydrogen (secondary N) is 2. The molecule has 2 unspecified atom stereocenters. The number of piperidine rings is 1. The van der Waals surface area contributed by atoms with Crippen LogP contribution in [0.1, 0.15) is 52.1 Å². The molecular formula is C34H51F3N4O3S. The summed E-state index contributed by atoms with van der Waals surface area (Å²) in [6.45, 7) is 9.99. The maximum absolute atomic E-state index is 13.6. The topological polar surface area (TPSA) is 59.9 Å². The van der Waals surface area contributed by atoms with E-state index in [1.54, 1.807) is 23.9 Å². The number of hydrogen-bond acceptors (Lipinski definition) is 7. The fraction of sp³-hybridized carbons (Fsp3) is 0.647. The van der Waals surface area contributed by atoms with E-state index in [1.807, 2.05) is 32.9 Å². The number of likely N-dealkylation sites (tertiary alicyclic amines) is 1. The first-order chi connectivity index (χ1) is 21.8. The first-order valence-electron chi connectivity index (χ1n) is 16.2. The zero-order chi connectivity index (χ0) is 32.7. The molecule has 11 heteroatoms. The van der Waals surface area contributed by atoms with E-state index < -0.39 is 12.7 Å². The molecule has 2 aliphatic rings. The van der Waals surface area contributed by atoms with Gasteiger partial charge in [-0.25, -0.2) is 0 Å². The van der Waals surface area contributed by atoms with Gasteiger partial charge in [0, 0.05) is 29.8 Å². The summed E-state index contributed by atoms with van der Waals surface area (Å²) < 4.78 is 59.0. The lowest BCUT2D eigenvalue weighted by Gasteiger charge is -2.30. The van der Waals surface area contributed by atoms with Gasteiger partial charge in [0.2, 0.25) is 0 Å². The Hall–Kier alpha value is -2.36. The molecule has 4 rings (SSSR count). The lowest BCUT2D eigenvalue weighted by molar-refractivity contribution is -0.140. The van der Waals surface area contributed by atoms with Crippen molar-refractivity contribution < 1.29 is 27.4 Å². The summed E-state index contributed by atoms with van der Waals surface area (Å²) in [5.41, 5.74) is 1.76. The van der Waals surface area contributed by atoms with E-state index in [1.165, 1.54) is 4.57 Å². The fourth-order valence-corrected chi connectivity index (χ4v) is 6.28. The molecule has 2 N–H and O–H groups in total. The third-order valence-corrected chi connectivity index (χ3v) is 8.85. The van der Waals surface area contributed by atoms with E-state index >= 15 is 0 Å². The first-order valence-corrected chi connectivity index (χ1v) is 17.4. The summed E-state index contributed by atoms with van der Waals surface area (Å²) in [6, 6.07) is 7.67. The molecule has 1 fully saturated rings. The summed E-state index contributed by atoms with van der Waals surface area (Å²) in [7, 11) is 2.11. The summed E-state index contributed by atoms with van der Waals surface area (Å²) in [5.74, 6) is 7.04. The number of thioether (sulfide) groups is 1. The molecule has 7 nitrogen and oxygen atoms in total. The Labute approximate surface area is 271 Å². The number of rotatable bonds is 14. The van der Waals surface area contributed by atoms with Crippen molar-refractivity contribution in [3.05, 3.63) is 41.8 Å². The molecule has 252 valence electrons. The maximum atomic E-state index is 13.6. The zero-order valence-corrected chi connectivity index (χ0v) is 28.3. The molecule has 2 atom stereocenters. The van der Waals surface area contributed by atoms with Crippen molar-refractivity contribution in [3.8, 4) is 11.8 Å². The van der Waals surface area contributed by atoms with Crippen LogP contribution in [-0.4, -0.2) is 98.9 Å². The molecule has 1 aliphatic carbocycles. The number of benzene rings is 1. The van der Waals surface area contributed by atoms with E-state index in [2.05, 4.69) is 46.8 Å². The smallest absolute Gasteiger partial charge is 0.406 e. The molecule has 2 heterocycles. The van der Waals surface area contributed by atoms with E-state index in [9.17, 15) is 13.2 Å². The average Bonchev–Trinajstić information content (AvgIpc) is 3.37. The molecule has 0 bridgehead atoms. The number of fused-ring (bicyclic) bond motifs is 1. The Bertz CT molecular complexity index is 1250. The van der Waals surface area contributed by atoms with Crippen molar-refractivity contribution in [3.63, 3.8) is 0 Å². The maximum Gasteiger partial charge on any atom is 0.406 e. The minimum Gasteiger partial charge on any atom is -0.495 e. The highest BCUT2D eigenvalue weighted by atomic mass is 32.2. The average molecular weight is 653 g/mol. The Kier molecular flexibility index (Phi) is 15.9. The van der Waals surface area contributed by atoms with Gasteiger partial charge in [-0.15, -0.1) is 0 Å². The number of anilines is 1. The third kappa shape index (κ3) is 12.1. The summed E-state index contributed by atoms with van der Waals surface area (Å²) in [4.78, 5) is 2.29. The van der Waals surface area contributed by atoms with E-state index in [-0.39, 0.29) is 6.04 Å². The highest BCUT2D eigenvalue weighted by Gasteiger charge is 2.30. The lowest BCUT2D eigenvalue weighted by atomic mass is 10.0. The second-order valence-corrected chi connectivity index (χ2v) is 12.0. The molecule has 2 aromatic rings. The minimum atomic E-state index is -4.36. The number of aromatic nitrogens is 1. The number of nitrogens with zero attached hydrogens (tertiary/aromatic N) is 2. The van der Waals surface area contributed by atoms with Gasteiger partial charge in [0.25, 0.3) is 0 Å². The van der Waals surface area contributed by atoms with Gasteiger partial charge in [-0.2, -0.15) is 24.9 Å². The van der Waals surface area contributed by atoms with Crippen LogP contribution in [0.5, 0.6) is 0 Å². The molecule has 0 spiro atoms. The first kappa shape index (κ1) is 37.1. The second-order valence-electron chi connectivity index (χ2n) is 11.0. The number of ether oxygens (including phenoxy) is 3. The van der Waals surface area contributed by atoms with Crippen LogP contribution in [0.25, 0.3) is 10.9 Å². The van der Waals surface area contributed by atoms with Crippen LogP contribution in [0.4, 0.5) is 18.9 Å². The molecular weight excluding hydrogens is 601 g/mol. The van der Waals surface area contributed by atoms with Gasteiger partial charge < -0.3 is 29.0 Å². The number of alkyl halides is 3. The lowest BCUT2D eigenvalue weighted by Crippen LogP contribution is -2.36. The minimum absolute atomic E-state index is 0.0814. The van der Waals surface area contributed by atoms with Crippen LogP contribution in [0.15, 0.2) is 36.1 Å². The molecule has 0 saturated carbocycles. The molecule has 1 aromatic carbocycles. The standard InChI is InChI=1S/C32H45F3N4O3S.C2H6/c1-4-40-17-18-41-19-20-42-30-21-25(10-11-31(30)43-3)36-14-6-7-26-22-27-28(37-24-12-15-38(2)16-13-24)8-5-9-29(27)39(26)23-32(33,34)35;1-2/h5,8-9,21-22,24-25,31,36-37H,4,10-20,23H2,1-3H3;1-2H3. The monoisotopic (exact) mass is 652 g/mol. The van der Waals surface area contributed by atoms with Gasteiger partial charge >= 0.3 is 6.18 Å². The van der Waals surface area contributed by atoms with Gasteiger partial charge in [-0.05, 0) is 89.2 Å². The second kappa shape index (κ2) is 19.3. The molecule has 1 aliphatic heterocycles. The van der Waals surface area contributed by atoms with E-state index in [0.29, 0.717) is 62.1 Å². The molecule has 0 radical (unpaired) electrons. The number of hydrogen-bond donors (Lipinski definition) is 2. The normalized spacial score (nSPS) is 19.3.